The van der Waals surface area contributed by atoms with Gasteiger partial charge >= 0.3 is 0 Å². The quantitative estimate of drug-likeness (QED) is 0.920. The number of rotatable bonds is 5. The number of carbonyl (C=O) groups excluding carboxylic acids is 1. The molecular weight excluding hydrogens is 286 g/mol. The number of aryl methyl sites for hydroxylation is 1. The molecule has 0 aliphatic heterocycles. The molecule has 3 rings (SSSR count). The van der Waals surface area contributed by atoms with E-state index in [1.165, 1.54) is 18.4 Å². The molecule has 0 atom stereocenters. The summed E-state index contributed by atoms with van der Waals surface area (Å²) in [5.74, 6) is 0.0674. The lowest BCUT2D eigenvalue weighted by molar-refractivity contribution is -0.117. The van der Waals surface area contributed by atoms with Crippen molar-refractivity contribution in [3.05, 3.63) is 35.5 Å². The van der Waals surface area contributed by atoms with Gasteiger partial charge in [0.05, 0.1) is 17.7 Å². The van der Waals surface area contributed by atoms with Gasteiger partial charge in [-0.3, -0.25) is 14.7 Å². The van der Waals surface area contributed by atoms with E-state index in [0.29, 0.717) is 6.54 Å². The van der Waals surface area contributed by atoms with E-state index in [9.17, 15) is 4.79 Å². The van der Waals surface area contributed by atoms with Crippen LogP contribution >= 0.6 is 0 Å². The molecule has 0 unspecified atom stereocenters. The monoisotopic (exact) mass is 311 g/mol. The maximum absolute atomic E-state index is 12.5. The first kappa shape index (κ1) is 15.9. The van der Waals surface area contributed by atoms with Crippen LogP contribution in [0.5, 0.6) is 0 Å². The minimum absolute atomic E-state index is 0.0674. The number of pyridine rings is 1. The molecule has 1 aliphatic carbocycles. The molecule has 4 nitrogen and oxygen atoms in total. The van der Waals surface area contributed by atoms with Crippen molar-refractivity contribution in [2.24, 2.45) is 0 Å². The van der Waals surface area contributed by atoms with Crippen LogP contribution in [-0.4, -0.2) is 35.4 Å². The van der Waals surface area contributed by atoms with Gasteiger partial charge in [-0.1, -0.05) is 32.0 Å². The zero-order valence-electron chi connectivity index (χ0n) is 14.1. The van der Waals surface area contributed by atoms with Gasteiger partial charge < -0.3 is 5.32 Å². The summed E-state index contributed by atoms with van der Waals surface area (Å²) in [5.41, 5.74) is 4.37. The standard InChI is InChI=1S/C19H25N3O/c1-3-22(4-2)13-18(23)21-19-14-9-5-7-11-16(14)20-17-12-8-6-10-15(17)19/h5,7,9,11H,3-4,6,8,10,12-13H2,1-2H3,(H,20,21,23). The normalized spacial score (nSPS) is 14.0. The molecule has 1 heterocycles. The van der Waals surface area contributed by atoms with Gasteiger partial charge in [-0.15, -0.1) is 0 Å². The average Bonchev–Trinajstić information content (AvgIpc) is 2.59. The van der Waals surface area contributed by atoms with Crippen molar-refractivity contribution in [1.82, 2.24) is 9.88 Å². The first-order chi connectivity index (χ1) is 11.2. The van der Waals surface area contributed by atoms with Gasteiger partial charge in [0, 0.05) is 11.1 Å². The number of para-hydroxylation sites is 1. The predicted octanol–water partition coefficient (Wildman–Crippen LogP) is 3.39. The van der Waals surface area contributed by atoms with Crippen LogP contribution in [0.1, 0.15) is 37.9 Å². The fourth-order valence-electron chi connectivity index (χ4n) is 3.34. The molecule has 0 fully saturated rings. The minimum atomic E-state index is 0.0674. The van der Waals surface area contributed by atoms with Crippen LogP contribution in [0.3, 0.4) is 0 Å². The van der Waals surface area contributed by atoms with Crippen molar-refractivity contribution in [1.29, 1.82) is 0 Å². The molecule has 2 aromatic rings. The first-order valence-corrected chi connectivity index (χ1v) is 8.65. The highest BCUT2D eigenvalue weighted by atomic mass is 16.2. The topological polar surface area (TPSA) is 45.2 Å². The highest BCUT2D eigenvalue weighted by molar-refractivity contribution is 6.03. The molecular formula is C19H25N3O. The summed E-state index contributed by atoms with van der Waals surface area (Å²) in [7, 11) is 0. The van der Waals surface area contributed by atoms with Crippen LogP contribution in [0.4, 0.5) is 5.69 Å². The molecule has 0 bridgehead atoms. The third-order valence-corrected chi connectivity index (χ3v) is 4.70. The van der Waals surface area contributed by atoms with Crippen LogP contribution in [-0.2, 0) is 17.6 Å². The summed E-state index contributed by atoms with van der Waals surface area (Å²) >= 11 is 0. The highest BCUT2D eigenvalue weighted by Crippen LogP contribution is 2.33. The van der Waals surface area contributed by atoms with Crippen LogP contribution in [0.2, 0.25) is 0 Å². The van der Waals surface area contributed by atoms with Crippen molar-refractivity contribution < 1.29 is 4.79 Å². The zero-order valence-corrected chi connectivity index (χ0v) is 14.1. The second-order valence-corrected chi connectivity index (χ2v) is 6.15. The van der Waals surface area contributed by atoms with E-state index in [2.05, 4.69) is 30.1 Å². The van der Waals surface area contributed by atoms with Gasteiger partial charge in [0.1, 0.15) is 0 Å². The maximum atomic E-state index is 12.5. The molecule has 122 valence electrons. The Morgan fingerprint density at radius 3 is 2.70 bits per heavy atom. The molecule has 0 saturated carbocycles. The average molecular weight is 311 g/mol. The zero-order chi connectivity index (χ0) is 16.2. The lowest BCUT2D eigenvalue weighted by atomic mass is 9.92. The number of anilines is 1. The summed E-state index contributed by atoms with van der Waals surface area (Å²) in [5, 5.41) is 4.25. The lowest BCUT2D eigenvalue weighted by Gasteiger charge is -2.22. The van der Waals surface area contributed by atoms with Crippen LogP contribution in [0.15, 0.2) is 24.3 Å². The van der Waals surface area contributed by atoms with E-state index in [-0.39, 0.29) is 5.91 Å². The molecule has 1 aromatic heterocycles. The van der Waals surface area contributed by atoms with E-state index in [0.717, 1.165) is 48.2 Å². The number of hydrogen-bond acceptors (Lipinski definition) is 3. The van der Waals surface area contributed by atoms with Gasteiger partial charge in [-0.2, -0.15) is 0 Å². The Morgan fingerprint density at radius 1 is 1.17 bits per heavy atom. The lowest BCUT2D eigenvalue weighted by Crippen LogP contribution is -2.33. The van der Waals surface area contributed by atoms with Crippen molar-refractivity contribution in [2.45, 2.75) is 39.5 Å². The fraction of sp³-hybridized carbons (Fsp3) is 0.474. The molecule has 4 heteroatoms. The van der Waals surface area contributed by atoms with E-state index in [4.69, 9.17) is 4.98 Å². The largest absolute Gasteiger partial charge is 0.324 e. The molecule has 0 spiro atoms. The number of carbonyl (C=O) groups is 1. The molecule has 1 amide bonds. The minimum Gasteiger partial charge on any atom is -0.324 e. The number of fused-ring (bicyclic) bond motifs is 2. The molecule has 0 saturated heterocycles. The summed E-state index contributed by atoms with van der Waals surface area (Å²) in [4.78, 5) is 19.4. The Balaban J connectivity index is 1.96. The summed E-state index contributed by atoms with van der Waals surface area (Å²) in [6.45, 7) is 6.39. The Bertz CT molecular complexity index is 707. The van der Waals surface area contributed by atoms with E-state index >= 15 is 0 Å². The van der Waals surface area contributed by atoms with Gasteiger partial charge in [0.15, 0.2) is 0 Å². The number of nitrogens with zero attached hydrogens (tertiary/aromatic N) is 2. The van der Waals surface area contributed by atoms with Crippen LogP contribution in [0, 0.1) is 0 Å². The summed E-state index contributed by atoms with van der Waals surface area (Å²) in [6.07, 6.45) is 4.38. The molecule has 1 aromatic carbocycles. The number of nitrogens with one attached hydrogen (secondary N) is 1. The summed E-state index contributed by atoms with van der Waals surface area (Å²) < 4.78 is 0. The smallest absolute Gasteiger partial charge is 0.238 e. The molecule has 1 N–H and O–H groups in total. The number of aromatic nitrogens is 1. The maximum Gasteiger partial charge on any atom is 0.238 e. The Hall–Kier alpha value is -1.94. The summed E-state index contributed by atoms with van der Waals surface area (Å²) in [6, 6.07) is 8.11. The van der Waals surface area contributed by atoms with Gasteiger partial charge in [0.2, 0.25) is 5.91 Å². The highest BCUT2D eigenvalue weighted by Gasteiger charge is 2.19. The number of benzene rings is 1. The number of hydrogen-bond donors (Lipinski definition) is 1. The Morgan fingerprint density at radius 2 is 1.91 bits per heavy atom. The fourth-order valence-corrected chi connectivity index (χ4v) is 3.34. The number of amides is 1. The van der Waals surface area contributed by atoms with E-state index in [1.807, 2.05) is 18.2 Å². The third-order valence-electron chi connectivity index (χ3n) is 4.70. The van der Waals surface area contributed by atoms with Crippen molar-refractivity contribution >= 4 is 22.5 Å². The second-order valence-electron chi connectivity index (χ2n) is 6.15. The first-order valence-electron chi connectivity index (χ1n) is 8.65. The van der Waals surface area contributed by atoms with E-state index in [1.54, 1.807) is 0 Å². The predicted molar refractivity (Wildman–Crippen MR) is 94.8 cm³/mol. The number of likely N-dealkylation sites (N-methyl/N-ethyl adjacent to an activating group) is 1. The van der Waals surface area contributed by atoms with Gasteiger partial charge in [0.25, 0.3) is 0 Å². The molecule has 1 aliphatic rings. The van der Waals surface area contributed by atoms with E-state index < -0.39 is 0 Å². The second kappa shape index (κ2) is 7.09. The van der Waals surface area contributed by atoms with Crippen molar-refractivity contribution in [3.63, 3.8) is 0 Å². The third kappa shape index (κ3) is 3.37. The van der Waals surface area contributed by atoms with Gasteiger partial charge in [-0.05, 0) is 50.4 Å². The van der Waals surface area contributed by atoms with Gasteiger partial charge in [-0.25, -0.2) is 0 Å². The Labute approximate surface area is 137 Å². The van der Waals surface area contributed by atoms with Crippen LogP contribution in [0.25, 0.3) is 10.9 Å². The van der Waals surface area contributed by atoms with Crippen LogP contribution < -0.4 is 5.32 Å². The molecule has 0 radical (unpaired) electrons. The Kier molecular flexibility index (Phi) is 4.91. The van der Waals surface area contributed by atoms with Crippen molar-refractivity contribution in [3.8, 4) is 0 Å². The molecule has 23 heavy (non-hydrogen) atoms. The SMILES string of the molecule is CCN(CC)CC(=O)Nc1c2c(nc3ccccc13)CCCC2. The van der Waals surface area contributed by atoms with Crippen molar-refractivity contribution in [2.75, 3.05) is 25.0 Å².